The number of ether oxygens (including phenoxy) is 1. The molecule has 12 heteroatoms. The van der Waals surface area contributed by atoms with Crippen molar-refractivity contribution in [2.24, 2.45) is 10.8 Å². The summed E-state index contributed by atoms with van der Waals surface area (Å²) in [6.07, 6.45) is 0.550. The molecule has 0 aliphatic carbocycles. The number of imidazole rings is 1. The highest BCUT2D eigenvalue weighted by molar-refractivity contribution is 7.14. The van der Waals surface area contributed by atoms with Crippen LogP contribution in [0.4, 0.5) is 14.7 Å². The topological polar surface area (TPSA) is 112 Å². The Morgan fingerprint density at radius 2 is 2.02 bits per heavy atom. The van der Waals surface area contributed by atoms with Gasteiger partial charge in [0.1, 0.15) is 11.6 Å². The number of anilines is 1. The van der Waals surface area contributed by atoms with Crippen LogP contribution >= 0.6 is 11.3 Å². The monoisotopic (exact) mass is 638 g/mol. The smallest absolute Gasteiger partial charge is 0.272 e. The van der Waals surface area contributed by atoms with E-state index >= 15 is 0 Å². The molecule has 45 heavy (non-hydrogen) atoms. The van der Waals surface area contributed by atoms with Crippen molar-refractivity contribution >= 4 is 40.1 Å². The molecule has 2 saturated heterocycles. The first-order valence-corrected chi connectivity index (χ1v) is 16.0. The van der Waals surface area contributed by atoms with Crippen molar-refractivity contribution in [3.8, 4) is 6.07 Å². The number of nitrogens with one attached hydrogen (secondary N) is 2. The van der Waals surface area contributed by atoms with Crippen LogP contribution in [0.25, 0.3) is 11.0 Å². The van der Waals surface area contributed by atoms with Gasteiger partial charge in [0.05, 0.1) is 40.0 Å². The van der Waals surface area contributed by atoms with Gasteiger partial charge in [-0.15, -0.1) is 11.3 Å². The maximum atomic E-state index is 13.6. The Kier molecular flexibility index (Phi) is 9.44. The first-order valence-electron chi connectivity index (χ1n) is 15.2. The largest absolute Gasteiger partial charge is 0.379 e. The van der Waals surface area contributed by atoms with Crippen molar-refractivity contribution < 1.29 is 23.1 Å². The Bertz CT molecular complexity index is 1650. The molecule has 0 radical (unpaired) electrons. The predicted octanol–water partition coefficient (Wildman–Crippen LogP) is 6.29. The second-order valence-electron chi connectivity index (χ2n) is 13.4. The van der Waals surface area contributed by atoms with E-state index in [2.05, 4.69) is 44.4 Å². The zero-order chi connectivity index (χ0) is 32.5. The van der Waals surface area contributed by atoms with Crippen LogP contribution in [0.3, 0.4) is 0 Å². The van der Waals surface area contributed by atoms with Gasteiger partial charge in [-0.2, -0.15) is 5.26 Å². The number of hydrogen-bond donors (Lipinski definition) is 2. The minimum Gasteiger partial charge on any atom is -0.379 e. The standard InChI is InChI=1S/C33H40F2N6O3S/c1-20(32(2,3)4)37-16-21-8-9-25-24(13-21)38-31(39-29(42)27-11-10-26(45-27)28(34)35)41(25)17-23-7-6-12-40(23)30(43)22(15-36)14-33(5)18-44-19-33/h8-11,13-14,20,23,28,37H,6-7,12,16-19H2,1-5H3,(H,38,39,42). The van der Waals surface area contributed by atoms with Crippen LogP contribution in [-0.4, -0.2) is 58.1 Å². The number of benzene rings is 1. The van der Waals surface area contributed by atoms with Crippen molar-refractivity contribution in [1.29, 1.82) is 5.26 Å². The van der Waals surface area contributed by atoms with Crippen molar-refractivity contribution in [3.05, 3.63) is 57.3 Å². The van der Waals surface area contributed by atoms with Crippen molar-refractivity contribution in [2.75, 3.05) is 25.1 Å². The Morgan fingerprint density at radius 3 is 2.64 bits per heavy atom. The first kappa shape index (κ1) is 32.7. The van der Waals surface area contributed by atoms with Crippen LogP contribution in [-0.2, 0) is 22.6 Å². The van der Waals surface area contributed by atoms with E-state index in [0.29, 0.717) is 44.8 Å². The van der Waals surface area contributed by atoms with Gasteiger partial charge in [0.2, 0.25) is 5.95 Å². The van der Waals surface area contributed by atoms with E-state index in [-0.39, 0.29) is 50.1 Å². The molecule has 240 valence electrons. The molecular formula is C33H40F2N6O3S. The molecule has 2 N–H and O–H groups in total. The summed E-state index contributed by atoms with van der Waals surface area (Å²) in [6, 6.07) is 10.7. The van der Waals surface area contributed by atoms with E-state index in [1.807, 2.05) is 29.7 Å². The fourth-order valence-electron chi connectivity index (χ4n) is 5.55. The van der Waals surface area contributed by atoms with Gasteiger partial charge in [-0.05, 0) is 55.0 Å². The number of fused-ring (bicyclic) bond motifs is 1. The Morgan fingerprint density at radius 1 is 1.27 bits per heavy atom. The molecule has 0 bridgehead atoms. The average Bonchev–Trinajstić information content (AvgIpc) is 3.72. The molecular weight excluding hydrogens is 598 g/mol. The van der Waals surface area contributed by atoms with E-state index in [1.54, 1.807) is 11.0 Å². The van der Waals surface area contributed by atoms with Gasteiger partial charge in [0.25, 0.3) is 18.2 Å². The molecule has 2 aliphatic rings. The highest BCUT2D eigenvalue weighted by atomic mass is 32.1. The van der Waals surface area contributed by atoms with Crippen LogP contribution in [0.1, 0.15) is 74.0 Å². The molecule has 2 aliphatic heterocycles. The van der Waals surface area contributed by atoms with Gasteiger partial charge in [-0.3, -0.25) is 14.9 Å². The summed E-state index contributed by atoms with van der Waals surface area (Å²) < 4.78 is 33.6. The lowest BCUT2D eigenvalue weighted by molar-refractivity contribution is -0.128. The van der Waals surface area contributed by atoms with Crippen LogP contribution in [0, 0.1) is 22.2 Å². The van der Waals surface area contributed by atoms with Gasteiger partial charge in [0, 0.05) is 31.1 Å². The summed E-state index contributed by atoms with van der Waals surface area (Å²) in [5.41, 5.74) is 2.31. The maximum absolute atomic E-state index is 13.6. The van der Waals surface area contributed by atoms with Crippen LogP contribution < -0.4 is 10.6 Å². The number of hydrogen-bond acceptors (Lipinski definition) is 7. The fraction of sp³-hybridized carbons (Fsp3) is 0.515. The zero-order valence-corrected chi connectivity index (χ0v) is 27.1. The number of aromatic nitrogens is 2. The Balaban J connectivity index is 1.44. The van der Waals surface area contributed by atoms with Gasteiger partial charge >= 0.3 is 0 Å². The molecule has 2 aromatic heterocycles. The summed E-state index contributed by atoms with van der Waals surface area (Å²) in [6.45, 7) is 13.0. The zero-order valence-electron chi connectivity index (χ0n) is 26.3. The molecule has 5 rings (SSSR count). The number of carbonyl (C=O) groups is 2. The second kappa shape index (κ2) is 13.0. The summed E-state index contributed by atoms with van der Waals surface area (Å²) in [4.78, 5) is 33.2. The Hall–Kier alpha value is -3.66. The molecule has 0 spiro atoms. The molecule has 0 saturated carbocycles. The number of thiophene rings is 1. The maximum Gasteiger partial charge on any atom is 0.272 e. The van der Waals surface area contributed by atoms with Crippen molar-refractivity contribution in [1.82, 2.24) is 19.8 Å². The SMILES string of the molecule is CC(NCc1ccc2c(c1)nc(NC(=O)c1ccc(C(F)F)s1)n2CC1CCCN1C(=O)C(C#N)=CC1(C)COC1)C(C)(C)C. The first-order chi connectivity index (χ1) is 21.3. The third-order valence-electron chi connectivity index (χ3n) is 8.75. The molecule has 4 heterocycles. The lowest BCUT2D eigenvalue weighted by atomic mass is 9.86. The summed E-state index contributed by atoms with van der Waals surface area (Å²) in [5.74, 6) is -0.582. The minimum atomic E-state index is -2.66. The molecule has 2 fully saturated rings. The number of rotatable bonds is 10. The number of halogens is 2. The van der Waals surface area contributed by atoms with E-state index in [9.17, 15) is 23.6 Å². The van der Waals surface area contributed by atoms with Crippen LogP contribution in [0.2, 0.25) is 0 Å². The van der Waals surface area contributed by atoms with E-state index in [0.717, 1.165) is 28.8 Å². The Labute approximate surface area is 266 Å². The molecule has 1 aromatic carbocycles. The fourth-order valence-corrected chi connectivity index (χ4v) is 6.31. The second-order valence-corrected chi connectivity index (χ2v) is 14.5. The third-order valence-corrected chi connectivity index (χ3v) is 9.84. The quantitative estimate of drug-likeness (QED) is 0.200. The van der Waals surface area contributed by atoms with E-state index in [1.165, 1.54) is 12.1 Å². The van der Waals surface area contributed by atoms with Gasteiger partial charge < -0.3 is 19.5 Å². The van der Waals surface area contributed by atoms with Crippen molar-refractivity contribution in [2.45, 2.75) is 79.1 Å². The number of likely N-dealkylation sites (tertiary alicyclic amines) is 1. The van der Waals surface area contributed by atoms with Gasteiger partial charge in [-0.1, -0.05) is 39.8 Å². The molecule has 2 unspecified atom stereocenters. The number of carbonyl (C=O) groups excluding carboxylic acids is 2. The molecule has 9 nitrogen and oxygen atoms in total. The summed E-state index contributed by atoms with van der Waals surface area (Å²) >= 11 is 0.743. The summed E-state index contributed by atoms with van der Waals surface area (Å²) in [5, 5.41) is 16.2. The van der Waals surface area contributed by atoms with Gasteiger partial charge in [0.15, 0.2) is 0 Å². The lowest BCUT2D eigenvalue weighted by Gasteiger charge is -2.35. The number of alkyl halides is 2. The molecule has 2 atom stereocenters. The molecule has 2 amide bonds. The number of nitrogens with zero attached hydrogens (tertiary/aromatic N) is 4. The highest BCUT2D eigenvalue weighted by Crippen LogP contribution is 2.32. The van der Waals surface area contributed by atoms with Crippen LogP contribution in [0.5, 0.6) is 0 Å². The molecule has 3 aromatic rings. The highest BCUT2D eigenvalue weighted by Gasteiger charge is 2.36. The van der Waals surface area contributed by atoms with Crippen molar-refractivity contribution in [3.63, 3.8) is 0 Å². The lowest BCUT2D eigenvalue weighted by Crippen LogP contribution is -2.41. The number of amides is 2. The normalized spacial score (nSPS) is 19.0. The van der Waals surface area contributed by atoms with E-state index in [4.69, 9.17) is 9.72 Å². The van der Waals surface area contributed by atoms with Gasteiger partial charge in [-0.25, -0.2) is 13.8 Å². The summed E-state index contributed by atoms with van der Waals surface area (Å²) in [7, 11) is 0. The van der Waals surface area contributed by atoms with Crippen LogP contribution in [0.15, 0.2) is 42.0 Å². The third kappa shape index (κ3) is 7.27. The predicted molar refractivity (Wildman–Crippen MR) is 170 cm³/mol. The average molecular weight is 639 g/mol. The van der Waals surface area contributed by atoms with E-state index < -0.39 is 12.3 Å². The number of nitriles is 1. The minimum absolute atomic E-state index is 0.0870.